The molecule has 0 aliphatic rings. The van der Waals surface area contributed by atoms with Gasteiger partial charge in [-0.15, -0.1) is 0 Å². The van der Waals surface area contributed by atoms with E-state index in [1.165, 1.54) is 0 Å². The van der Waals surface area contributed by atoms with E-state index < -0.39 is 33.6 Å². The molecule has 0 aliphatic heterocycles. The van der Waals surface area contributed by atoms with Gasteiger partial charge in [0.15, 0.2) is 0 Å². The molecule has 0 saturated carbocycles. The van der Waals surface area contributed by atoms with E-state index in [4.69, 9.17) is 0 Å². The minimum Gasteiger partial charge on any atom is -0.384 e. The average Bonchev–Trinajstić information content (AvgIpc) is 3.27. The second-order valence-corrected chi connectivity index (χ2v) is 21.0. The van der Waals surface area contributed by atoms with E-state index in [0.717, 1.165) is 163 Å². The zero-order valence-electron chi connectivity index (χ0n) is 54.8. The number of rotatable bonds is 28. The number of hydrogen-bond acceptors (Lipinski definition) is 12. The summed E-state index contributed by atoms with van der Waals surface area (Å²) in [5, 5.41) is 60.2. The second-order valence-electron chi connectivity index (χ2n) is 21.0. The maximum Gasteiger partial charge on any atom is 0.102 e. The average molecular weight is 1970 g/mol. The first-order chi connectivity index (χ1) is 33.1. The first kappa shape index (κ1) is 111. The van der Waals surface area contributed by atoms with Crippen molar-refractivity contribution >= 4 is 34.3 Å². The Bertz CT molecular complexity index is 1510. The fraction of sp³-hybridized carbons (Fsp3) is 0.900. The molecular formula is C60H126Gd6N6O6. The predicted molar refractivity (Wildman–Crippen MR) is 323 cm³/mol. The number of aliphatic hydroxyl groups is 6. The van der Waals surface area contributed by atoms with E-state index in [-0.39, 0.29) is 252 Å². The maximum atomic E-state index is 10.4. The van der Waals surface area contributed by atoms with Crippen LogP contribution < -0.4 is 0 Å². The minimum atomic E-state index is -0.709. The summed E-state index contributed by atoms with van der Waals surface area (Å²) in [7, 11) is 3.45. The molecule has 0 saturated heterocycles. The molecule has 3 atom stereocenters. The number of aliphatic imine (C=N–C) groups is 6. The molecule has 3 unspecified atom stereocenters. The Morgan fingerprint density at radius 3 is 0.744 bits per heavy atom. The first-order valence-corrected chi connectivity index (χ1v) is 28.5. The molecule has 0 heterocycles. The summed E-state index contributed by atoms with van der Waals surface area (Å²) in [4.78, 5) is 25.3. The summed E-state index contributed by atoms with van der Waals surface area (Å²) in [6.45, 7) is 49.3. The van der Waals surface area contributed by atoms with Crippen molar-refractivity contribution in [1.29, 1.82) is 0 Å². The fourth-order valence-corrected chi connectivity index (χ4v) is 8.22. The van der Waals surface area contributed by atoms with Crippen molar-refractivity contribution in [3.63, 3.8) is 0 Å². The van der Waals surface area contributed by atoms with Gasteiger partial charge in [-0.1, -0.05) is 120 Å². The van der Waals surface area contributed by atoms with Gasteiger partial charge in [-0.3, -0.25) is 30.0 Å². The van der Waals surface area contributed by atoms with Crippen LogP contribution in [0.2, 0.25) is 0 Å². The standard InChI is InChI=1S/C12H25NO.C11H23NO.2C10H21NO.C9H19NO.C8H17NO.6Gd/c1-6-8-12(14,9-7-2)11(5)13-10(3)4;1-5-8-11(13,9-6-2)10(4)12-7-3;1-6-7-10(5,12)9(4)11-8(2)3;1-5-7-10(12,8-6-2)9(3)11-4;1-5-7-9(4,11)8(3)10-6-2;1-5-6-8(3,10)7(2)9-4;;;;;;/h10,14H,6-9H2,1-5H3;13H,5-9H2,1-4H3;8,12H,6-7H2,1-5H3;12H,5-8H2,1-4H3;11H,5-7H2,1-4H3;10H,5-6H2,1-4H3;;;;;;. The molecule has 12 nitrogen and oxygen atoms in total. The third kappa shape index (κ3) is 58.1. The van der Waals surface area contributed by atoms with Gasteiger partial charge in [0.25, 0.3) is 0 Å². The Morgan fingerprint density at radius 2 is 0.513 bits per heavy atom. The Hall–Kier alpha value is 5.73. The van der Waals surface area contributed by atoms with Crippen LogP contribution in [0, 0.1) is 240 Å². The monoisotopic (exact) mass is 1970 g/mol. The van der Waals surface area contributed by atoms with Gasteiger partial charge in [0, 0.05) is 313 Å². The van der Waals surface area contributed by atoms with Gasteiger partial charge in [-0.05, 0) is 162 Å². The first-order valence-electron chi connectivity index (χ1n) is 28.5. The van der Waals surface area contributed by atoms with Crippen LogP contribution in [-0.2, 0) is 0 Å². The number of hydrogen-bond donors (Lipinski definition) is 6. The van der Waals surface area contributed by atoms with Gasteiger partial charge in [0.2, 0.25) is 0 Å². The minimum absolute atomic E-state index is 0. The summed E-state index contributed by atoms with van der Waals surface area (Å²) in [6, 6.07) is 0.545. The summed E-state index contributed by atoms with van der Waals surface area (Å²) in [6.07, 6.45) is 16.3. The molecule has 0 rings (SSSR count). The van der Waals surface area contributed by atoms with Crippen LogP contribution in [-0.4, -0.2) is 138 Å². The molecule has 0 aromatic heterocycles. The van der Waals surface area contributed by atoms with E-state index in [1.54, 1.807) is 21.0 Å². The van der Waals surface area contributed by atoms with Crippen molar-refractivity contribution in [3.8, 4) is 0 Å². The molecule has 0 spiro atoms. The molecule has 0 bridgehead atoms. The summed E-state index contributed by atoms with van der Waals surface area (Å²) in [5.74, 6) is 0. The molecule has 0 amide bonds. The molecule has 0 aromatic carbocycles. The Balaban J connectivity index is -0.0000000662. The zero-order chi connectivity index (χ0) is 58.0. The summed E-state index contributed by atoms with van der Waals surface area (Å²) < 4.78 is 0. The van der Waals surface area contributed by atoms with E-state index in [1.807, 2.05) is 96.9 Å². The Kier molecular flexibility index (Phi) is 93.8. The maximum absolute atomic E-state index is 10.4. The molecule has 6 N–H and O–H groups in total. The molecule has 0 fully saturated rings. The van der Waals surface area contributed by atoms with Gasteiger partial charge < -0.3 is 30.6 Å². The molecule has 480 valence electrons. The third-order valence-corrected chi connectivity index (χ3v) is 12.9. The van der Waals surface area contributed by atoms with Crippen LogP contribution in [0.15, 0.2) is 30.0 Å². The van der Waals surface area contributed by atoms with Crippen molar-refractivity contribution in [2.24, 2.45) is 30.0 Å². The molecule has 0 radical (unpaired) electrons. The normalized spacial score (nSPS) is 14.5. The van der Waals surface area contributed by atoms with Crippen LogP contribution in [0.5, 0.6) is 0 Å². The smallest absolute Gasteiger partial charge is 0.102 e. The fourth-order valence-electron chi connectivity index (χ4n) is 8.22. The van der Waals surface area contributed by atoms with Crippen LogP contribution >= 0.6 is 0 Å². The molecule has 78 heavy (non-hydrogen) atoms. The van der Waals surface area contributed by atoms with Crippen molar-refractivity contribution in [2.75, 3.05) is 27.2 Å². The van der Waals surface area contributed by atoms with Crippen molar-refractivity contribution < 1.29 is 270 Å². The SMILES string of the molecule is CCCC(C)(O)C(C)=NC.CCCC(C)(O)C(C)=NC(C)C.CCCC(C)(O)C(C)=NCC.CCCC(O)(CCC)C(C)=NC.CCCC(O)(CCC)C(C)=NC(C)C.CCCC(O)(CCC)C(C)=NCC.[Gd].[Gd].[Gd].[Gd].[Gd].[Gd]. The van der Waals surface area contributed by atoms with E-state index in [2.05, 4.69) is 92.3 Å². The molecule has 0 aliphatic carbocycles. The van der Waals surface area contributed by atoms with Crippen molar-refractivity contribution in [2.45, 2.75) is 327 Å². The van der Waals surface area contributed by atoms with Crippen molar-refractivity contribution in [3.05, 3.63) is 0 Å². The number of nitrogens with zero attached hydrogens (tertiary/aromatic N) is 6. The Labute approximate surface area is 677 Å². The van der Waals surface area contributed by atoms with Gasteiger partial charge in [-0.25, -0.2) is 0 Å². The molecule has 18 heteroatoms. The molecular weight excluding hydrogens is 1840 g/mol. The molecule has 0 aromatic rings. The van der Waals surface area contributed by atoms with Gasteiger partial charge in [0.05, 0.1) is 16.8 Å². The van der Waals surface area contributed by atoms with Crippen LogP contribution in [0.25, 0.3) is 0 Å². The topological polar surface area (TPSA) is 196 Å². The van der Waals surface area contributed by atoms with Crippen LogP contribution in [0.3, 0.4) is 0 Å². The largest absolute Gasteiger partial charge is 0.384 e. The van der Waals surface area contributed by atoms with Gasteiger partial charge in [0.1, 0.15) is 16.8 Å². The van der Waals surface area contributed by atoms with E-state index in [9.17, 15) is 30.6 Å². The van der Waals surface area contributed by atoms with Crippen LogP contribution in [0.4, 0.5) is 0 Å². The van der Waals surface area contributed by atoms with Crippen molar-refractivity contribution in [1.82, 2.24) is 0 Å². The Morgan fingerprint density at radius 1 is 0.308 bits per heavy atom. The zero-order valence-corrected chi connectivity index (χ0v) is 68.4. The van der Waals surface area contributed by atoms with Crippen LogP contribution in [0.1, 0.15) is 282 Å². The predicted octanol–water partition coefficient (Wildman–Crippen LogP) is 14.4. The van der Waals surface area contributed by atoms with E-state index in [0.29, 0.717) is 0 Å². The quantitative estimate of drug-likeness (QED) is 0.0422. The van der Waals surface area contributed by atoms with E-state index >= 15 is 0 Å². The second kappa shape index (κ2) is 65.7. The van der Waals surface area contributed by atoms with Gasteiger partial charge in [-0.2, -0.15) is 0 Å². The summed E-state index contributed by atoms with van der Waals surface area (Å²) in [5.41, 5.74) is 1.15. The van der Waals surface area contributed by atoms with Gasteiger partial charge >= 0.3 is 0 Å². The third-order valence-electron chi connectivity index (χ3n) is 12.9. The summed E-state index contributed by atoms with van der Waals surface area (Å²) >= 11 is 0.